The Balaban J connectivity index is 1.48. The fourth-order valence-corrected chi connectivity index (χ4v) is 5.21. The first-order chi connectivity index (χ1) is 18.3. The maximum absolute atomic E-state index is 13.7. The Morgan fingerprint density at radius 2 is 1.56 bits per heavy atom. The molecule has 212 valence electrons. The van der Waals surface area contributed by atoms with Crippen molar-refractivity contribution in [2.45, 2.75) is 43.7 Å². The van der Waals surface area contributed by atoms with Crippen LogP contribution in [0.15, 0.2) is 48.5 Å². The molecule has 39 heavy (non-hydrogen) atoms. The SMILES string of the molecule is CN(CCc1cc(C(F)(F)F)cc(C(F)(F)F)c1)C(=O)C(c1ccccc1)N1CCC(N2CCNC2=O)CC1. The lowest BCUT2D eigenvalue weighted by Gasteiger charge is -2.40. The van der Waals surface area contributed by atoms with Crippen molar-refractivity contribution < 1.29 is 35.9 Å². The average molecular weight is 557 g/mol. The van der Waals surface area contributed by atoms with Crippen molar-refractivity contribution in [3.05, 3.63) is 70.8 Å². The normalized spacial score (nSPS) is 18.2. The highest BCUT2D eigenvalue weighted by Gasteiger charge is 2.38. The van der Waals surface area contributed by atoms with Gasteiger partial charge in [-0.05, 0) is 48.6 Å². The number of benzene rings is 2. The van der Waals surface area contributed by atoms with Gasteiger partial charge >= 0.3 is 18.4 Å². The van der Waals surface area contributed by atoms with Gasteiger partial charge in [-0.25, -0.2) is 4.79 Å². The second-order valence-electron chi connectivity index (χ2n) is 9.93. The van der Waals surface area contributed by atoms with Crippen molar-refractivity contribution in [1.29, 1.82) is 0 Å². The number of urea groups is 1. The summed E-state index contributed by atoms with van der Waals surface area (Å²) in [7, 11) is 1.50. The van der Waals surface area contributed by atoms with Gasteiger partial charge in [-0.1, -0.05) is 30.3 Å². The van der Waals surface area contributed by atoms with Crippen LogP contribution in [0.25, 0.3) is 0 Å². The zero-order valence-electron chi connectivity index (χ0n) is 21.4. The second kappa shape index (κ2) is 11.4. The smallest absolute Gasteiger partial charge is 0.344 e. The quantitative estimate of drug-likeness (QED) is 0.491. The number of likely N-dealkylation sites (N-methyl/N-ethyl adjacent to an activating group) is 1. The van der Waals surface area contributed by atoms with Crippen LogP contribution >= 0.6 is 0 Å². The van der Waals surface area contributed by atoms with Gasteiger partial charge in [0, 0.05) is 45.8 Å². The lowest BCUT2D eigenvalue weighted by molar-refractivity contribution is -0.143. The minimum absolute atomic E-state index is 0.0643. The summed E-state index contributed by atoms with van der Waals surface area (Å²) in [4.78, 5) is 30.9. The molecular weight excluding hydrogens is 526 g/mol. The molecule has 12 heteroatoms. The summed E-state index contributed by atoms with van der Waals surface area (Å²) in [5.74, 6) is -0.304. The number of likely N-dealkylation sites (tertiary alicyclic amines) is 1. The molecule has 2 aliphatic heterocycles. The van der Waals surface area contributed by atoms with Crippen molar-refractivity contribution in [3.63, 3.8) is 0 Å². The van der Waals surface area contributed by atoms with Crippen LogP contribution < -0.4 is 5.32 Å². The molecule has 0 aromatic heterocycles. The van der Waals surface area contributed by atoms with E-state index >= 15 is 0 Å². The predicted molar refractivity (Wildman–Crippen MR) is 132 cm³/mol. The van der Waals surface area contributed by atoms with Crippen LogP contribution in [0.3, 0.4) is 0 Å². The molecule has 2 fully saturated rings. The minimum atomic E-state index is -4.93. The molecule has 0 aliphatic carbocycles. The monoisotopic (exact) mass is 556 g/mol. The average Bonchev–Trinajstić information content (AvgIpc) is 3.33. The van der Waals surface area contributed by atoms with E-state index in [4.69, 9.17) is 0 Å². The van der Waals surface area contributed by atoms with Gasteiger partial charge in [0.1, 0.15) is 6.04 Å². The standard InChI is InChI=1S/C27H30F6N4O2/c1-35(11-7-18-15-20(26(28,29)30)17-21(16-18)27(31,32)33)24(38)23(19-5-3-2-4-6-19)36-12-8-22(9-13-36)37-14-10-34-25(37)39/h2-6,15-17,22-23H,7-14H2,1H3,(H,34,39). The number of carbonyl (C=O) groups is 2. The van der Waals surface area contributed by atoms with E-state index < -0.39 is 29.5 Å². The Morgan fingerprint density at radius 1 is 0.974 bits per heavy atom. The van der Waals surface area contributed by atoms with Gasteiger partial charge in [0.05, 0.1) is 11.1 Å². The third-order valence-electron chi connectivity index (χ3n) is 7.30. The maximum Gasteiger partial charge on any atom is 0.416 e. The fourth-order valence-electron chi connectivity index (χ4n) is 5.21. The van der Waals surface area contributed by atoms with Crippen molar-refractivity contribution >= 4 is 11.9 Å². The lowest BCUT2D eigenvalue weighted by Crippen LogP contribution is -2.50. The summed E-state index contributed by atoms with van der Waals surface area (Å²) in [5, 5.41) is 2.80. The third-order valence-corrected chi connectivity index (χ3v) is 7.30. The molecule has 0 radical (unpaired) electrons. The summed E-state index contributed by atoms with van der Waals surface area (Å²) in [5.41, 5.74) is -2.17. The number of hydrogen-bond donors (Lipinski definition) is 1. The fraction of sp³-hybridized carbons (Fsp3) is 0.481. The zero-order valence-corrected chi connectivity index (χ0v) is 21.4. The van der Waals surface area contributed by atoms with Gasteiger partial charge in [0.25, 0.3) is 0 Å². The molecule has 1 N–H and O–H groups in total. The molecule has 0 saturated carbocycles. The Hall–Kier alpha value is -3.28. The Bertz CT molecular complexity index is 1130. The van der Waals surface area contributed by atoms with E-state index in [1.165, 1.54) is 11.9 Å². The number of alkyl halides is 6. The Labute approximate surface area is 222 Å². The van der Waals surface area contributed by atoms with Crippen molar-refractivity contribution in [1.82, 2.24) is 20.0 Å². The highest BCUT2D eigenvalue weighted by Crippen LogP contribution is 2.36. The van der Waals surface area contributed by atoms with E-state index in [1.54, 1.807) is 12.1 Å². The van der Waals surface area contributed by atoms with Crippen LogP contribution in [0, 0.1) is 0 Å². The molecule has 2 saturated heterocycles. The molecule has 3 amide bonds. The molecular formula is C27H30F6N4O2. The van der Waals surface area contributed by atoms with Crippen LogP contribution in [0.1, 0.15) is 41.1 Å². The second-order valence-corrected chi connectivity index (χ2v) is 9.93. The number of hydrogen-bond acceptors (Lipinski definition) is 3. The van der Waals surface area contributed by atoms with Crippen molar-refractivity contribution in [2.24, 2.45) is 0 Å². The van der Waals surface area contributed by atoms with Crippen molar-refractivity contribution in [2.75, 3.05) is 39.8 Å². The summed E-state index contributed by atoms with van der Waals surface area (Å²) < 4.78 is 79.5. The van der Waals surface area contributed by atoms with Crippen LogP contribution in [0.2, 0.25) is 0 Å². The summed E-state index contributed by atoms with van der Waals surface area (Å²) in [6.07, 6.45) is -8.69. The van der Waals surface area contributed by atoms with Gasteiger partial charge in [-0.15, -0.1) is 0 Å². The highest BCUT2D eigenvalue weighted by atomic mass is 19.4. The van der Waals surface area contributed by atoms with Gasteiger partial charge in [-0.2, -0.15) is 26.3 Å². The van der Waals surface area contributed by atoms with Crippen LogP contribution in [0.5, 0.6) is 0 Å². The largest absolute Gasteiger partial charge is 0.416 e. The minimum Gasteiger partial charge on any atom is -0.344 e. The van der Waals surface area contributed by atoms with Gasteiger partial charge in [-0.3, -0.25) is 9.69 Å². The van der Waals surface area contributed by atoms with E-state index in [2.05, 4.69) is 5.32 Å². The molecule has 0 spiro atoms. The summed E-state index contributed by atoms with van der Waals surface area (Å²) in [6, 6.07) is 9.86. The number of nitrogens with zero attached hydrogens (tertiary/aromatic N) is 3. The van der Waals surface area contributed by atoms with Crippen LogP contribution in [-0.4, -0.2) is 72.5 Å². The first kappa shape index (κ1) is 28.7. The molecule has 2 aliphatic rings. The topological polar surface area (TPSA) is 55.9 Å². The molecule has 6 nitrogen and oxygen atoms in total. The zero-order chi connectivity index (χ0) is 28.4. The van der Waals surface area contributed by atoms with Gasteiger partial charge in [0.15, 0.2) is 0 Å². The van der Waals surface area contributed by atoms with E-state index in [-0.39, 0.29) is 42.6 Å². The van der Waals surface area contributed by atoms with Crippen LogP contribution in [0.4, 0.5) is 31.1 Å². The first-order valence-electron chi connectivity index (χ1n) is 12.7. The summed E-state index contributed by atoms with van der Waals surface area (Å²) in [6.45, 7) is 2.28. The van der Waals surface area contributed by atoms with Crippen molar-refractivity contribution in [3.8, 4) is 0 Å². The number of piperidine rings is 1. The van der Waals surface area contributed by atoms with Crippen LogP contribution in [-0.2, 0) is 23.6 Å². The first-order valence-corrected chi connectivity index (χ1v) is 12.7. The third kappa shape index (κ3) is 6.84. The maximum atomic E-state index is 13.7. The molecule has 1 atom stereocenters. The molecule has 4 rings (SSSR count). The lowest BCUT2D eigenvalue weighted by atomic mass is 9.97. The molecule has 2 heterocycles. The molecule has 1 unspecified atom stereocenters. The number of carbonyl (C=O) groups excluding carboxylic acids is 2. The predicted octanol–water partition coefficient (Wildman–Crippen LogP) is 4.96. The highest BCUT2D eigenvalue weighted by molar-refractivity contribution is 5.83. The van der Waals surface area contributed by atoms with E-state index in [0.29, 0.717) is 51.2 Å². The van der Waals surface area contributed by atoms with Gasteiger partial charge in [0.2, 0.25) is 5.91 Å². The number of nitrogens with one attached hydrogen (secondary N) is 1. The molecule has 0 bridgehead atoms. The van der Waals surface area contributed by atoms with E-state index in [0.717, 1.165) is 5.56 Å². The van der Waals surface area contributed by atoms with Gasteiger partial charge < -0.3 is 15.1 Å². The Kier molecular flexibility index (Phi) is 8.43. The summed E-state index contributed by atoms with van der Waals surface area (Å²) >= 11 is 0. The molecule has 2 aromatic rings. The number of halogens is 6. The number of amides is 3. The number of rotatable bonds is 7. The Morgan fingerprint density at radius 3 is 2.08 bits per heavy atom. The van der Waals surface area contributed by atoms with E-state index in [1.807, 2.05) is 28.0 Å². The van der Waals surface area contributed by atoms with E-state index in [9.17, 15) is 35.9 Å². The molecule has 2 aromatic carbocycles.